The number of alkyl halides is 1. The fourth-order valence-corrected chi connectivity index (χ4v) is 2.04. The SMILES string of the molecule is C=Cc1cccc(CCCCBr)c1OC(C)=O. The number of ether oxygens (including phenoxy) is 1. The van der Waals surface area contributed by atoms with E-state index in [4.69, 9.17) is 4.74 Å². The Labute approximate surface area is 111 Å². The lowest BCUT2D eigenvalue weighted by atomic mass is 10.0. The molecule has 0 saturated heterocycles. The van der Waals surface area contributed by atoms with Gasteiger partial charge < -0.3 is 4.74 Å². The summed E-state index contributed by atoms with van der Waals surface area (Å²) in [6, 6.07) is 5.87. The van der Waals surface area contributed by atoms with Crippen molar-refractivity contribution in [3.8, 4) is 5.75 Å². The van der Waals surface area contributed by atoms with Gasteiger partial charge in [-0.15, -0.1) is 0 Å². The number of carbonyl (C=O) groups excluding carboxylic acids is 1. The van der Waals surface area contributed by atoms with Crippen LogP contribution in [0.3, 0.4) is 0 Å². The van der Waals surface area contributed by atoms with Crippen LogP contribution in [-0.2, 0) is 11.2 Å². The molecular formula is C14H17BrO2. The van der Waals surface area contributed by atoms with E-state index in [1.54, 1.807) is 6.08 Å². The van der Waals surface area contributed by atoms with Crippen LogP contribution in [0.2, 0.25) is 0 Å². The Balaban J connectivity index is 2.93. The minimum atomic E-state index is -0.291. The van der Waals surface area contributed by atoms with Gasteiger partial charge in [0, 0.05) is 17.8 Å². The van der Waals surface area contributed by atoms with E-state index in [0.717, 1.165) is 35.7 Å². The van der Waals surface area contributed by atoms with Gasteiger partial charge in [-0.25, -0.2) is 0 Å². The zero-order chi connectivity index (χ0) is 12.7. The quantitative estimate of drug-likeness (QED) is 0.344. The number of esters is 1. The molecule has 0 fully saturated rings. The van der Waals surface area contributed by atoms with E-state index >= 15 is 0 Å². The van der Waals surface area contributed by atoms with Gasteiger partial charge in [0.25, 0.3) is 0 Å². The summed E-state index contributed by atoms with van der Waals surface area (Å²) in [5, 5.41) is 0.997. The van der Waals surface area contributed by atoms with E-state index in [-0.39, 0.29) is 5.97 Å². The van der Waals surface area contributed by atoms with E-state index in [1.165, 1.54) is 6.92 Å². The van der Waals surface area contributed by atoms with E-state index < -0.39 is 0 Å². The van der Waals surface area contributed by atoms with Crippen LogP contribution in [-0.4, -0.2) is 11.3 Å². The number of benzene rings is 1. The van der Waals surface area contributed by atoms with Crippen molar-refractivity contribution in [2.24, 2.45) is 0 Å². The Kier molecular flexibility index (Phi) is 5.98. The third-order valence-electron chi connectivity index (χ3n) is 2.42. The average Bonchev–Trinajstić information content (AvgIpc) is 2.30. The molecule has 1 rings (SSSR count). The second-order valence-electron chi connectivity index (χ2n) is 3.78. The smallest absolute Gasteiger partial charge is 0.308 e. The number of halogens is 1. The number of hydrogen-bond donors (Lipinski definition) is 0. The summed E-state index contributed by atoms with van der Waals surface area (Å²) >= 11 is 3.41. The maximum absolute atomic E-state index is 11.1. The Hall–Kier alpha value is -1.09. The minimum absolute atomic E-state index is 0.291. The van der Waals surface area contributed by atoms with Crippen molar-refractivity contribution in [1.82, 2.24) is 0 Å². The van der Waals surface area contributed by atoms with Gasteiger partial charge in [-0.1, -0.05) is 46.8 Å². The maximum Gasteiger partial charge on any atom is 0.308 e. The van der Waals surface area contributed by atoms with Gasteiger partial charge in [0.1, 0.15) is 5.75 Å². The van der Waals surface area contributed by atoms with Crippen LogP contribution in [0, 0.1) is 0 Å². The monoisotopic (exact) mass is 296 g/mol. The summed E-state index contributed by atoms with van der Waals surface area (Å²) in [6.45, 7) is 5.16. The fourth-order valence-electron chi connectivity index (χ4n) is 1.64. The van der Waals surface area contributed by atoms with Crippen molar-refractivity contribution < 1.29 is 9.53 Å². The Morgan fingerprint density at radius 2 is 2.24 bits per heavy atom. The van der Waals surface area contributed by atoms with E-state index in [9.17, 15) is 4.79 Å². The third kappa shape index (κ3) is 4.35. The highest BCUT2D eigenvalue weighted by Crippen LogP contribution is 2.26. The van der Waals surface area contributed by atoms with E-state index in [1.807, 2.05) is 18.2 Å². The predicted molar refractivity (Wildman–Crippen MR) is 74.6 cm³/mol. The number of aryl methyl sites for hydroxylation is 1. The van der Waals surface area contributed by atoms with Gasteiger partial charge in [-0.2, -0.15) is 0 Å². The molecule has 0 aliphatic rings. The van der Waals surface area contributed by atoms with Crippen LogP contribution in [0.25, 0.3) is 6.08 Å². The first-order chi connectivity index (χ1) is 8.19. The zero-order valence-electron chi connectivity index (χ0n) is 10.0. The molecule has 0 bridgehead atoms. The number of hydrogen-bond acceptors (Lipinski definition) is 2. The molecule has 0 spiro atoms. The summed E-state index contributed by atoms with van der Waals surface area (Å²) in [7, 11) is 0. The topological polar surface area (TPSA) is 26.3 Å². The predicted octanol–water partition coefficient (Wildman–Crippen LogP) is 3.97. The lowest BCUT2D eigenvalue weighted by Crippen LogP contribution is -2.05. The molecule has 1 aromatic carbocycles. The summed E-state index contributed by atoms with van der Waals surface area (Å²) in [6.07, 6.45) is 4.81. The van der Waals surface area contributed by atoms with Crippen molar-refractivity contribution in [3.05, 3.63) is 35.9 Å². The molecule has 0 aliphatic heterocycles. The van der Waals surface area contributed by atoms with Gasteiger partial charge >= 0.3 is 5.97 Å². The third-order valence-corrected chi connectivity index (χ3v) is 2.98. The van der Waals surface area contributed by atoms with Crippen LogP contribution in [0.4, 0.5) is 0 Å². The van der Waals surface area contributed by atoms with Crippen LogP contribution < -0.4 is 4.74 Å². The highest BCUT2D eigenvalue weighted by molar-refractivity contribution is 9.09. The summed E-state index contributed by atoms with van der Waals surface area (Å²) in [5.74, 6) is 0.366. The Morgan fingerprint density at radius 3 is 2.82 bits per heavy atom. The van der Waals surface area contributed by atoms with Gasteiger partial charge in [0.05, 0.1) is 0 Å². The molecule has 0 unspecified atom stereocenters. The van der Waals surface area contributed by atoms with Crippen LogP contribution in [0.1, 0.15) is 30.9 Å². The van der Waals surface area contributed by atoms with Crippen molar-refractivity contribution in [2.45, 2.75) is 26.2 Å². The molecule has 3 heteroatoms. The first-order valence-electron chi connectivity index (χ1n) is 5.67. The first-order valence-corrected chi connectivity index (χ1v) is 6.80. The number of para-hydroxylation sites is 1. The second kappa shape index (κ2) is 7.28. The van der Waals surface area contributed by atoms with E-state index in [0.29, 0.717) is 5.75 Å². The molecule has 17 heavy (non-hydrogen) atoms. The maximum atomic E-state index is 11.1. The first kappa shape index (κ1) is 14.0. The zero-order valence-corrected chi connectivity index (χ0v) is 11.6. The highest BCUT2D eigenvalue weighted by atomic mass is 79.9. The number of unbranched alkanes of at least 4 members (excludes halogenated alkanes) is 1. The molecule has 2 nitrogen and oxygen atoms in total. The fraction of sp³-hybridized carbons (Fsp3) is 0.357. The second-order valence-corrected chi connectivity index (χ2v) is 4.57. The van der Waals surface area contributed by atoms with Crippen molar-refractivity contribution in [2.75, 3.05) is 5.33 Å². The van der Waals surface area contributed by atoms with Gasteiger partial charge in [-0.05, 0) is 24.8 Å². The highest BCUT2D eigenvalue weighted by Gasteiger charge is 2.09. The standard InChI is InChI=1S/C14H17BrO2/c1-3-12-8-6-9-13(7-4-5-10-15)14(12)17-11(2)16/h3,6,8-9H,1,4-5,7,10H2,2H3. The van der Waals surface area contributed by atoms with Crippen LogP contribution in [0.5, 0.6) is 5.75 Å². The summed E-state index contributed by atoms with van der Waals surface area (Å²) in [4.78, 5) is 11.1. The van der Waals surface area contributed by atoms with Gasteiger partial charge in [0.2, 0.25) is 0 Å². The average molecular weight is 297 g/mol. The van der Waals surface area contributed by atoms with Crippen molar-refractivity contribution in [1.29, 1.82) is 0 Å². The van der Waals surface area contributed by atoms with Crippen LogP contribution in [0.15, 0.2) is 24.8 Å². The largest absolute Gasteiger partial charge is 0.426 e. The minimum Gasteiger partial charge on any atom is -0.426 e. The summed E-state index contributed by atoms with van der Waals surface area (Å²) in [5.41, 5.74) is 1.94. The molecular weight excluding hydrogens is 280 g/mol. The molecule has 0 aromatic heterocycles. The van der Waals surface area contributed by atoms with E-state index in [2.05, 4.69) is 22.5 Å². The molecule has 0 aliphatic carbocycles. The lowest BCUT2D eigenvalue weighted by Gasteiger charge is -2.11. The van der Waals surface area contributed by atoms with Crippen LogP contribution >= 0.6 is 15.9 Å². The van der Waals surface area contributed by atoms with Gasteiger partial charge in [-0.3, -0.25) is 4.79 Å². The number of carbonyl (C=O) groups is 1. The molecule has 0 saturated carbocycles. The molecule has 0 atom stereocenters. The molecule has 0 amide bonds. The van der Waals surface area contributed by atoms with Gasteiger partial charge in [0.15, 0.2) is 0 Å². The lowest BCUT2D eigenvalue weighted by molar-refractivity contribution is -0.131. The Bertz CT molecular complexity index is 399. The summed E-state index contributed by atoms with van der Waals surface area (Å²) < 4.78 is 5.28. The molecule has 1 aromatic rings. The van der Waals surface area contributed by atoms with Crippen molar-refractivity contribution in [3.63, 3.8) is 0 Å². The molecule has 0 heterocycles. The molecule has 0 N–H and O–H groups in total. The molecule has 92 valence electrons. The normalized spacial score (nSPS) is 10.0. The Morgan fingerprint density at radius 1 is 1.47 bits per heavy atom. The number of rotatable bonds is 6. The van der Waals surface area contributed by atoms with Crippen molar-refractivity contribution >= 4 is 28.0 Å². The molecule has 0 radical (unpaired) electrons.